The van der Waals surface area contributed by atoms with Crippen LogP contribution in [0.5, 0.6) is 5.06 Å². The Balaban J connectivity index is 1.40. The maximum absolute atomic E-state index is 12.7. The highest BCUT2D eigenvalue weighted by molar-refractivity contribution is 8.02. The van der Waals surface area contributed by atoms with E-state index >= 15 is 0 Å². The van der Waals surface area contributed by atoms with Gasteiger partial charge in [-0.1, -0.05) is 23.1 Å². The third kappa shape index (κ3) is 3.60. The molecule has 2 aromatic rings. The fraction of sp³-hybridized carbons (Fsp3) is 0.500. The van der Waals surface area contributed by atoms with Crippen LogP contribution in [-0.4, -0.2) is 43.1 Å². The number of hydrogen-bond donors (Lipinski definition) is 1. The third-order valence-corrected chi connectivity index (χ3v) is 8.63. The minimum atomic E-state index is 0.0752. The van der Waals surface area contributed by atoms with E-state index in [0.29, 0.717) is 12.0 Å². The van der Waals surface area contributed by atoms with Crippen LogP contribution in [0.2, 0.25) is 0 Å². The van der Waals surface area contributed by atoms with E-state index in [9.17, 15) is 4.79 Å². The van der Waals surface area contributed by atoms with Crippen LogP contribution in [0, 0.1) is 5.92 Å². The van der Waals surface area contributed by atoms with Crippen molar-refractivity contribution >= 4 is 40.3 Å². The first-order valence-electron chi connectivity index (χ1n) is 8.60. The smallest absolute Gasteiger partial charge is 0.261 e. The van der Waals surface area contributed by atoms with Crippen molar-refractivity contribution in [2.75, 3.05) is 20.2 Å². The molecule has 25 heavy (non-hydrogen) atoms. The van der Waals surface area contributed by atoms with Crippen molar-refractivity contribution in [3.8, 4) is 5.06 Å². The molecule has 5 heterocycles. The number of carbonyl (C=O) groups is 1. The number of rotatable bonds is 5. The number of carbonyl (C=O) groups excluding carboxylic acids is 1. The lowest BCUT2D eigenvalue weighted by atomic mass is 9.79. The summed E-state index contributed by atoms with van der Waals surface area (Å²) in [7, 11) is 1.68. The molecule has 3 aliphatic rings. The van der Waals surface area contributed by atoms with Gasteiger partial charge in [-0.05, 0) is 63.0 Å². The number of amides is 1. The molecule has 7 heteroatoms. The van der Waals surface area contributed by atoms with Crippen LogP contribution in [0.4, 0.5) is 0 Å². The first-order chi connectivity index (χ1) is 12.1. The lowest BCUT2D eigenvalue weighted by Gasteiger charge is -2.49. The fourth-order valence-electron chi connectivity index (χ4n) is 3.83. The van der Waals surface area contributed by atoms with Gasteiger partial charge in [0, 0.05) is 12.1 Å². The Morgan fingerprint density at radius 1 is 1.20 bits per heavy atom. The molecule has 0 spiro atoms. The molecule has 0 aliphatic carbocycles. The van der Waals surface area contributed by atoms with E-state index in [2.05, 4.69) is 23.2 Å². The average molecular weight is 395 g/mol. The summed E-state index contributed by atoms with van der Waals surface area (Å²) in [6.45, 7) is 4.61. The van der Waals surface area contributed by atoms with Gasteiger partial charge in [0.05, 0.1) is 20.4 Å². The van der Waals surface area contributed by atoms with Gasteiger partial charge in [0.25, 0.3) is 5.91 Å². The van der Waals surface area contributed by atoms with Crippen LogP contribution < -0.4 is 10.1 Å². The molecule has 2 atom stereocenters. The first-order valence-corrected chi connectivity index (χ1v) is 11.1. The van der Waals surface area contributed by atoms with Crippen LogP contribution >= 0.6 is 34.4 Å². The molecule has 2 bridgehead atoms. The van der Waals surface area contributed by atoms with Gasteiger partial charge in [-0.2, -0.15) is 0 Å². The van der Waals surface area contributed by atoms with Crippen molar-refractivity contribution in [2.24, 2.45) is 5.92 Å². The quantitative estimate of drug-likeness (QED) is 0.826. The zero-order valence-corrected chi connectivity index (χ0v) is 16.8. The number of methoxy groups -OCH3 is 1. The molecule has 0 saturated carbocycles. The Labute approximate surface area is 160 Å². The number of nitrogens with one attached hydrogen (secondary N) is 1. The van der Waals surface area contributed by atoms with Crippen LogP contribution in [0.15, 0.2) is 32.7 Å². The molecular weight excluding hydrogens is 372 g/mol. The zero-order valence-electron chi connectivity index (χ0n) is 14.4. The van der Waals surface area contributed by atoms with E-state index in [1.54, 1.807) is 41.5 Å². The summed E-state index contributed by atoms with van der Waals surface area (Å²) in [6.07, 6.45) is 2.42. The van der Waals surface area contributed by atoms with Gasteiger partial charge >= 0.3 is 0 Å². The molecule has 0 unspecified atom stereocenters. The van der Waals surface area contributed by atoms with Crippen LogP contribution in [0.3, 0.4) is 0 Å². The highest BCUT2D eigenvalue weighted by Gasteiger charge is 2.40. The van der Waals surface area contributed by atoms with E-state index in [4.69, 9.17) is 4.74 Å². The number of thiophene rings is 2. The summed E-state index contributed by atoms with van der Waals surface area (Å²) < 4.78 is 7.55. The summed E-state index contributed by atoms with van der Waals surface area (Å²) in [5.74, 6) is 0.711. The van der Waals surface area contributed by atoms with Gasteiger partial charge in [0.15, 0.2) is 5.06 Å². The van der Waals surface area contributed by atoms with Gasteiger partial charge < -0.3 is 10.1 Å². The number of fused-ring (bicyclic) bond motifs is 3. The summed E-state index contributed by atoms with van der Waals surface area (Å²) in [5, 5.41) is 4.22. The van der Waals surface area contributed by atoms with Gasteiger partial charge in [-0.15, -0.1) is 11.3 Å². The standard InChI is InChI=1S/C18H22N2O2S3/c1-11-17(12-7-9-20(11)10-8-12)19-18(21)13-3-5-15(23-13)25-16-6-4-14(22-2)24-16/h3-6,11-12,17H,7-10H2,1-2H3,(H,19,21)/t11-,17+/m1/s1. The monoisotopic (exact) mass is 394 g/mol. The van der Waals surface area contributed by atoms with Crippen molar-refractivity contribution in [3.05, 3.63) is 29.1 Å². The molecule has 0 aromatic carbocycles. The summed E-state index contributed by atoms with van der Waals surface area (Å²) in [5.41, 5.74) is 0. The lowest BCUT2D eigenvalue weighted by molar-refractivity contribution is 0.0218. The molecular formula is C18H22N2O2S3. The second-order valence-electron chi connectivity index (χ2n) is 6.61. The van der Waals surface area contributed by atoms with E-state index in [0.717, 1.165) is 14.1 Å². The second kappa shape index (κ2) is 7.31. The highest BCUT2D eigenvalue weighted by Crippen LogP contribution is 2.39. The molecule has 3 aliphatic heterocycles. The van der Waals surface area contributed by atoms with Crippen molar-refractivity contribution in [3.63, 3.8) is 0 Å². The zero-order chi connectivity index (χ0) is 17.4. The lowest BCUT2D eigenvalue weighted by Crippen LogP contribution is -2.62. The molecule has 134 valence electrons. The SMILES string of the molecule is COc1ccc(Sc2ccc(C(=O)N[C@@H]3C4CCN(CC4)[C@@H]3C)s2)s1. The largest absolute Gasteiger partial charge is 0.487 e. The molecule has 0 radical (unpaired) electrons. The molecule has 3 fully saturated rings. The summed E-state index contributed by atoms with van der Waals surface area (Å²) >= 11 is 4.88. The molecule has 4 nitrogen and oxygen atoms in total. The minimum Gasteiger partial charge on any atom is -0.487 e. The van der Waals surface area contributed by atoms with Crippen molar-refractivity contribution in [1.82, 2.24) is 10.2 Å². The van der Waals surface area contributed by atoms with E-state index < -0.39 is 0 Å². The number of ether oxygens (including phenoxy) is 1. The number of hydrogen-bond acceptors (Lipinski definition) is 6. The predicted octanol–water partition coefficient (Wildman–Crippen LogP) is 4.18. The maximum Gasteiger partial charge on any atom is 0.261 e. The summed E-state index contributed by atoms with van der Waals surface area (Å²) in [4.78, 5) is 16.0. The molecule has 1 N–H and O–H groups in total. The Morgan fingerprint density at radius 3 is 2.60 bits per heavy atom. The number of piperidine rings is 3. The topological polar surface area (TPSA) is 41.6 Å². The van der Waals surface area contributed by atoms with Crippen molar-refractivity contribution in [1.29, 1.82) is 0 Å². The summed E-state index contributed by atoms with van der Waals surface area (Å²) in [6, 6.07) is 8.75. The minimum absolute atomic E-state index is 0.0752. The first kappa shape index (κ1) is 17.4. The van der Waals surface area contributed by atoms with Gasteiger partial charge in [0.1, 0.15) is 0 Å². The van der Waals surface area contributed by atoms with E-state index in [1.807, 2.05) is 18.2 Å². The normalized spacial score (nSPS) is 28.1. The Hall–Kier alpha value is -1.02. The van der Waals surface area contributed by atoms with Gasteiger partial charge in [0.2, 0.25) is 0 Å². The third-order valence-electron chi connectivity index (χ3n) is 5.24. The van der Waals surface area contributed by atoms with Gasteiger partial charge in [-0.3, -0.25) is 9.69 Å². The Bertz CT molecular complexity index is 747. The van der Waals surface area contributed by atoms with E-state index in [-0.39, 0.29) is 11.9 Å². The predicted molar refractivity (Wildman–Crippen MR) is 104 cm³/mol. The fourth-order valence-corrected chi connectivity index (χ4v) is 7.04. The van der Waals surface area contributed by atoms with Crippen LogP contribution in [-0.2, 0) is 0 Å². The average Bonchev–Trinajstić information content (AvgIpc) is 3.28. The Kier molecular flexibility index (Phi) is 5.08. The molecule has 1 amide bonds. The second-order valence-corrected chi connectivity index (χ2v) is 10.3. The van der Waals surface area contributed by atoms with Gasteiger partial charge in [-0.25, -0.2) is 0 Å². The number of nitrogens with zero attached hydrogens (tertiary/aromatic N) is 1. The van der Waals surface area contributed by atoms with Crippen LogP contribution in [0.1, 0.15) is 29.4 Å². The maximum atomic E-state index is 12.7. The highest BCUT2D eigenvalue weighted by atomic mass is 32.2. The molecule has 2 aromatic heterocycles. The molecule has 3 saturated heterocycles. The molecule has 5 rings (SSSR count). The van der Waals surface area contributed by atoms with Crippen LogP contribution in [0.25, 0.3) is 0 Å². The van der Waals surface area contributed by atoms with E-state index in [1.165, 1.54) is 30.1 Å². The Morgan fingerprint density at radius 2 is 1.92 bits per heavy atom. The van der Waals surface area contributed by atoms with Crippen molar-refractivity contribution < 1.29 is 9.53 Å². The van der Waals surface area contributed by atoms with Crippen molar-refractivity contribution in [2.45, 2.75) is 40.3 Å².